The van der Waals surface area contributed by atoms with Gasteiger partial charge in [0.1, 0.15) is 0 Å². The molecule has 1 N–H and O–H groups in total. The third kappa shape index (κ3) is 6.73. The summed E-state index contributed by atoms with van der Waals surface area (Å²) in [7, 11) is -0.711. The lowest BCUT2D eigenvalue weighted by atomic mass is 10.2. The van der Waals surface area contributed by atoms with Gasteiger partial charge in [-0.3, -0.25) is 10.1 Å². The fourth-order valence-electron chi connectivity index (χ4n) is 2.28. The normalized spacial score (nSPS) is 11.7. The predicted octanol–water partition coefficient (Wildman–Crippen LogP) is 2.19. The van der Waals surface area contributed by atoms with E-state index >= 15 is 0 Å². The van der Waals surface area contributed by atoms with Gasteiger partial charge >= 0.3 is 0 Å². The lowest BCUT2D eigenvalue weighted by molar-refractivity contribution is 0.102. The van der Waals surface area contributed by atoms with Gasteiger partial charge in [-0.05, 0) is 30.0 Å². The summed E-state index contributed by atoms with van der Waals surface area (Å²) in [6.45, 7) is 2.96. The van der Waals surface area contributed by atoms with Crippen LogP contribution in [-0.4, -0.2) is 75.1 Å². The molecule has 2 rings (SSSR count). The van der Waals surface area contributed by atoms with Crippen LogP contribution in [0.1, 0.15) is 17.3 Å². The molecule has 1 aromatic carbocycles. The molecule has 1 heterocycles. The summed E-state index contributed by atoms with van der Waals surface area (Å²) >= 11 is 2.83. The minimum atomic E-state index is -3.73. The van der Waals surface area contributed by atoms with E-state index in [1.165, 1.54) is 54.1 Å². The van der Waals surface area contributed by atoms with Gasteiger partial charge in [0, 0.05) is 32.9 Å². The van der Waals surface area contributed by atoms with E-state index in [4.69, 9.17) is 9.47 Å². The molecule has 12 heteroatoms. The second kappa shape index (κ2) is 11.6. The molecule has 1 aromatic heterocycles. The lowest BCUT2D eigenvalue weighted by Gasteiger charge is -2.21. The number of methoxy groups -OCH3 is 2. The van der Waals surface area contributed by atoms with Gasteiger partial charge in [-0.15, -0.1) is 10.2 Å². The molecule has 0 saturated carbocycles. The topological polar surface area (TPSA) is 111 Å². The molecule has 1 amide bonds. The Kier molecular flexibility index (Phi) is 9.46. The number of benzene rings is 1. The lowest BCUT2D eigenvalue weighted by Crippen LogP contribution is -2.36. The summed E-state index contributed by atoms with van der Waals surface area (Å²) in [4.78, 5) is 12.5. The highest BCUT2D eigenvalue weighted by atomic mass is 32.2. The van der Waals surface area contributed by atoms with Crippen LogP contribution >= 0.6 is 23.1 Å². The van der Waals surface area contributed by atoms with Crippen LogP contribution in [0.4, 0.5) is 5.13 Å². The van der Waals surface area contributed by atoms with E-state index in [-0.39, 0.29) is 37.1 Å². The molecule has 0 radical (unpaired) electrons. The average molecular weight is 461 g/mol. The van der Waals surface area contributed by atoms with Crippen LogP contribution in [0.3, 0.4) is 0 Å². The smallest absolute Gasteiger partial charge is 0.257 e. The van der Waals surface area contributed by atoms with Crippen LogP contribution in [0.25, 0.3) is 0 Å². The van der Waals surface area contributed by atoms with Crippen molar-refractivity contribution in [2.24, 2.45) is 0 Å². The van der Waals surface area contributed by atoms with Crippen LogP contribution in [0.15, 0.2) is 33.5 Å². The molecule has 0 aliphatic heterocycles. The molecule has 0 spiro atoms. The molecule has 0 unspecified atom stereocenters. The highest BCUT2D eigenvalue weighted by Gasteiger charge is 2.24. The molecule has 0 bridgehead atoms. The number of sulfonamides is 1. The maximum atomic E-state index is 12.9. The van der Waals surface area contributed by atoms with Crippen LogP contribution in [0.2, 0.25) is 0 Å². The van der Waals surface area contributed by atoms with Gasteiger partial charge in [0.15, 0.2) is 4.34 Å². The number of amides is 1. The number of anilines is 1. The minimum absolute atomic E-state index is 0.0961. The van der Waals surface area contributed by atoms with Gasteiger partial charge in [0.25, 0.3) is 5.91 Å². The molecule has 0 aliphatic rings. The predicted molar refractivity (Wildman–Crippen MR) is 113 cm³/mol. The van der Waals surface area contributed by atoms with Crippen LogP contribution in [0, 0.1) is 0 Å². The first-order chi connectivity index (χ1) is 13.9. The first kappa shape index (κ1) is 23.7. The number of carbonyl (C=O) groups excluding carboxylic acids is 1. The zero-order valence-electron chi connectivity index (χ0n) is 16.5. The van der Waals surface area contributed by atoms with Crippen molar-refractivity contribution in [3.05, 3.63) is 29.8 Å². The molecule has 0 fully saturated rings. The molecule has 9 nitrogen and oxygen atoms in total. The summed E-state index contributed by atoms with van der Waals surface area (Å²) in [5.41, 5.74) is 0.323. The van der Waals surface area contributed by atoms with Crippen LogP contribution < -0.4 is 5.32 Å². The minimum Gasteiger partial charge on any atom is -0.383 e. The molecule has 0 aliphatic carbocycles. The van der Waals surface area contributed by atoms with Crippen LogP contribution in [0.5, 0.6) is 0 Å². The number of rotatable bonds is 12. The van der Waals surface area contributed by atoms with E-state index in [2.05, 4.69) is 15.5 Å². The number of nitrogens with one attached hydrogen (secondary N) is 1. The summed E-state index contributed by atoms with van der Waals surface area (Å²) in [6, 6.07) is 5.76. The van der Waals surface area contributed by atoms with Crippen LogP contribution in [-0.2, 0) is 19.5 Å². The van der Waals surface area contributed by atoms with Crippen molar-refractivity contribution in [3.8, 4) is 0 Å². The molecule has 2 aromatic rings. The number of carbonyl (C=O) groups is 1. The van der Waals surface area contributed by atoms with Crippen molar-refractivity contribution < 1.29 is 22.7 Å². The Labute approximate surface area is 178 Å². The Morgan fingerprint density at radius 1 is 1.14 bits per heavy atom. The van der Waals surface area contributed by atoms with Crippen molar-refractivity contribution in [2.75, 3.05) is 51.6 Å². The van der Waals surface area contributed by atoms with Gasteiger partial charge < -0.3 is 9.47 Å². The zero-order chi connectivity index (χ0) is 21.3. The SMILES string of the molecule is CCSc1nnc(NC(=O)c2ccc(S(=O)(=O)N(CCOC)CCOC)cc2)s1. The van der Waals surface area contributed by atoms with Crippen molar-refractivity contribution >= 4 is 44.2 Å². The van der Waals surface area contributed by atoms with E-state index < -0.39 is 10.0 Å². The molecular formula is C17H24N4O5S3. The fraction of sp³-hybridized carbons (Fsp3) is 0.471. The monoisotopic (exact) mass is 460 g/mol. The molecular weight excluding hydrogens is 436 g/mol. The van der Waals surface area contributed by atoms with Gasteiger partial charge in [0.05, 0.1) is 18.1 Å². The molecule has 0 saturated heterocycles. The van der Waals surface area contributed by atoms with Gasteiger partial charge in [-0.2, -0.15) is 4.31 Å². The number of hydrogen-bond donors (Lipinski definition) is 1. The average Bonchev–Trinajstić information content (AvgIpc) is 3.15. The number of ether oxygens (including phenoxy) is 2. The summed E-state index contributed by atoms with van der Waals surface area (Å²) in [5.74, 6) is 0.485. The van der Waals surface area contributed by atoms with Crippen molar-refractivity contribution in [3.63, 3.8) is 0 Å². The summed E-state index contributed by atoms with van der Waals surface area (Å²) < 4.78 is 37.8. The second-order valence-electron chi connectivity index (χ2n) is 5.67. The first-order valence-corrected chi connectivity index (χ1v) is 12.0. The van der Waals surface area contributed by atoms with Crippen molar-refractivity contribution in [2.45, 2.75) is 16.2 Å². The summed E-state index contributed by atoms with van der Waals surface area (Å²) in [6.07, 6.45) is 0. The van der Waals surface area contributed by atoms with E-state index in [1.54, 1.807) is 11.8 Å². The summed E-state index contributed by atoms with van der Waals surface area (Å²) in [5, 5.41) is 11.0. The fourth-order valence-corrected chi connectivity index (χ4v) is 5.33. The Balaban J connectivity index is 2.10. The Hall–Kier alpha value is -1.57. The third-order valence-electron chi connectivity index (χ3n) is 3.74. The highest BCUT2D eigenvalue weighted by Crippen LogP contribution is 2.25. The number of hydrogen-bond acceptors (Lipinski definition) is 9. The largest absolute Gasteiger partial charge is 0.383 e. The molecule has 29 heavy (non-hydrogen) atoms. The maximum Gasteiger partial charge on any atom is 0.257 e. The van der Waals surface area contributed by atoms with Gasteiger partial charge in [-0.25, -0.2) is 8.42 Å². The third-order valence-corrected chi connectivity index (χ3v) is 7.51. The van der Waals surface area contributed by atoms with E-state index in [0.717, 1.165) is 10.1 Å². The Morgan fingerprint density at radius 3 is 2.31 bits per heavy atom. The van der Waals surface area contributed by atoms with Crippen molar-refractivity contribution in [1.29, 1.82) is 0 Å². The van der Waals surface area contributed by atoms with Gasteiger partial charge in [-0.1, -0.05) is 30.0 Å². The van der Waals surface area contributed by atoms with E-state index in [1.807, 2.05) is 6.92 Å². The maximum absolute atomic E-state index is 12.9. The Bertz CT molecular complexity index is 879. The first-order valence-electron chi connectivity index (χ1n) is 8.78. The second-order valence-corrected chi connectivity index (χ2v) is 10.1. The zero-order valence-corrected chi connectivity index (χ0v) is 18.9. The van der Waals surface area contributed by atoms with Gasteiger partial charge in [0.2, 0.25) is 15.2 Å². The van der Waals surface area contributed by atoms with Crippen molar-refractivity contribution in [1.82, 2.24) is 14.5 Å². The number of nitrogens with zero attached hydrogens (tertiary/aromatic N) is 3. The van der Waals surface area contributed by atoms with E-state index in [0.29, 0.717) is 10.7 Å². The number of thioether (sulfide) groups is 1. The van der Waals surface area contributed by atoms with E-state index in [9.17, 15) is 13.2 Å². The number of aromatic nitrogens is 2. The Morgan fingerprint density at radius 2 is 1.76 bits per heavy atom. The molecule has 160 valence electrons. The quantitative estimate of drug-likeness (QED) is 0.379. The highest BCUT2D eigenvalue weighted by molar-refractivity contribution is 8.01. The standard InChI is InChI=1S/C17H24N4O5S3/c1-4-27-17-20-19-16(28-17)18-15(22)13-5-7-14(8-6-13)29(23,24)21(9-11-25-2)10-12-26-3/h5-8H,4,9-12H2,1-3H3,(H,18,19,22). The molecule has 0 atom stereocenters.